The average Bonchev–Trinajstić information content (AvgIpc) is 3.82. The molecule has 5 heteroatoms. The minimum atomic E-state index is -0.350. The van der Waals surface area contributed by atoms with Crippen molar-refractivity contribution in [3.63, 3.8) is 0 Å². The van der Waals surface area contributed by atoms with Gasteiger partial charge in [-0.1, -0.05) is 121 Å². The van der Waals surface area contributed by atoms with Crippen LogP contribution in [0, 0.1) is 0 Å². The van der Waals surface area contributed by atoms with Gasteiger partial charge < -0.3 is 8.83 Å². The Morgan fingerprint density at radius 1 is 0.400 bits per heavy atom. The molecular formula is C45H27N3O2. The van der Waals surface area contributed by atoms with Crippen LogP contribution in [-0.4, -0.2) is 15.0 Å². The molecule has 0 radical (unpaired) electrons. The van der Waals surface area contributed by atoms with E-state index in [9.17, 15) is 4.11 Å². The minimum Gasteiger partial charge on any atom is -0.456 e. The van der Waals surface area contributed by atoms with Crippen molar-refractivity contribution in [3.05, 3.63) is 164 Å². The first-order chi connectivity index (χ1) is 27.3. The largest absolute Gasteiger partial charge is 0.456 e. The van der Waals surface area contributed by atoms with Crippen LogP contribution < -0.4 is 0 Å². The predicted molar refractivity (Wildman–Crippen MR) is 202 cm³/mol. The van der Waals surface area contributed by atoms with E-state index in [0.29, 0.717) is 28.1 Å². The Balaban J connectivity index is 1.22. The van der Waals surface area contributed by atoms with Crippen molar-refractivity contribution in [1.82, 2.24) is 15.0 Å². The second kappa shape index (κ2) is 11.4. The fraction of sp³-hybridized carbons (Fsp3) is 0. The summed E-state index contributed by atoms with van der Waals surface area (Å²) in [6, 6.07) is 38.2. The van der Waals surface area contributed by atoms with Crippen LogP contribution in [0.15, 0.2) is 172 Å². The number of benzene rings is 7. The van der Waals surface area contributed by atoms with Crippen molar-refractivity contribution in [3.8, 4) is 56.4 Å². The molecule has 3 heterocycles. The molecule has 0 saturated carbocycles. The standard InChI is InChI=1S/C45H27N3O2/c1-3-11-28(12-4-1)30-15-9-16-31(25-30)34-18-10-20-39-42(34)37-24-22-33(27-41(37)50-39)45-47-43(29-13-5-2-6-14-29)46-44(48-45)32-21-23-36-35-17-7-8-19-38(35)49-40(36)26-32/h1-27H/i10D,18D,20D,22D,24D,27D. The van der Waals surface area contributed by atoms with Crippen molar-refractivity contribution in [1.29, 1.82) is 0 Å². The minimum absolute atomic E-state index is 0.00587. The fourth-order valence-electron chi connectivity index (χ4n) is 6.46. The highest BCUT2D eigenvalue weighted by Gasteiger charge is 2.18. The monoisotopic (exact) mass is 647 g/mol. The number of rotatable bonds is 5. The third kappa shape index (κ3) is 4.75. The molecule has 10 aromatic rings. The van der Waals surface area contributed by atoms with Gasteiger partial charge in [0.05, 0.1) is 8.22 Å². The molecule has 10 rings (SSSR count). The number of nitrogens with zero attached hydrogens (tertiary/aromatic N) is 3. The van der Waals surface area contributed by atoms with Crippen LogP contribution >= 0.6 is 0 Å². The lowest BCUT2D eigenvalue weighted by atomic mass is 9.96. The van der Waals surface area contributed by atoms with Crippen LogP contribution in [-0.2, 0) is 0 Å². The summed E-state index contributed by atoms with van der Waals surface area (Å²) in [4.78, 5) is 14.4. The Hall–Kier alpha value is -6.85. The molecule has 0 saturated heterocycles. The van der Waals surface area contributed by atoms with Gasteiger partial charge in [0, 0.05) is 38.2 Å². The smallest absolute Gasteiger partial charge is 0.164 e. The molecule has 7 aromatic carbocycles. The third-order valence-electron chi connectivity index (χ3n) is 8.86. The van der Waals surface area contributed by atoms with Gasteiger partial charge in [0.15, 0.2) is 17.5 Å². The molecule has 0 atom stereocenters. The van der Waals surface area contributed by atoms with Crippen LogP contribution in [0.25, 0.3) is 100 Å². The molecule has 0 amide bonds. The molecule has 0 spiro atoms. The molecule has 50 heavy (non-hydrogen) atoms. The summed E-state index contributed by atoms with van der Waals surface area (Å²) in [6.07, 6.45) is 0. The predicted octanol–water partition coefficient (Wildman–Crippen LogP) is 12.0. The number of para-hydroxylation sites is 1. The summed E-state index contributed by atoms with van der Waals surface area (Å²) in [5.74, 6) is 0.573. The summed E-state index contributed by atoms with van der Waals surface area (Å²) < 4.78 is 67.3. The van der Waals surface area contributed by atoms with Gasteiger partial charge >= 0.3 is 0 Å². The molecule has 0 fully saturated rings. The van der Waals surface area contributed by atoms with E-state index in [1.165, 1.54) is 0 Å². The first-order valence-electron chi connectivity index (χ1n) is 19.1. The zero-order valence-corrected chi connectivity index (χ0v) is 26.3. The van der Waals surface area contributed by atoms with E-state index in [4.69, 9.17) is 27.9 Å². The number of aromatic nitrogens is 3. The van der Waals surface area contributed by atoms with E-state index in [-0.39, 0.29) is 81.0 Å². The van der Waals surface area contributed by atoms with E-state index in [0.717, 1.165) is 27.5 Å². The second-order valence-corrected chi connectivity index (χ2v) is 11.9. The van der Waals surface area contributed by atoms with E-state index >= 15 is 0 Å². The Morgan fingerprint density at radius 2 is 1.06 bits per heavy atom. The van der Waals surface area contributed by atoms with Gasteiger partial charge in [0.1, 0.15) is 22.3 Å². The topological polar surface area (TPSA) is 65.0 Å². The maximum atomic E-state index is 9.50. The number of furan rings is 2. The number of fused-ring (bicyclic) bond motifs is 6. The SMILES string of the molecule is [2H]c1c([2H])c(-c2cccc(-c3ccccc3)c2)c2c(oc3c([2H])c(-c4nc(-c5ccccc5)nc(-c5ccc6c(c5)oc5ccccc56)n4)c([2H])c([2H])c32)c1[2H]. The molecule has 0 aliphatic carbocycles. The van der Waals surface area contributed by atoms with E-state index in [2.05, 4.69) is 0 Å². The van der Waals surface area contributed by atoms with Gasteiger partial charge in [0.25, 0.3) is 0 Å². The maximum absolute atomic E-state index is 9.50. The zero-order valence-electron chi connectivity index (χ0n) is 32.3. The zero-order chi connectivity index (χ0) is 38.2. The second-order valence-electron chi connectivity index (χ2n) is 11.9. The Labute approximate surface area is 295 Å². The van der Waals surface area contributed by atoms with E-state index in [1.54, 1.807) is 0 Å². The van der Waals surface area contributed by atoms with Crippen molar-refractivity contribution in [2.45, 2.75) is 0 Å². The van der Waals surface area contributed by atoms with Gasteiger partial charge in [-0.05, 0) is 64.6 Å². The fourth-order valence-corrected chi connectivity index (χ4v) is 6.46. The molecule has 0 aliphatic rings. The summed E-state index contributed by atoms with van der Waals surface area (Å²) in [6.45, 7) is 0. The van der Waals surface area contributed by atoms with Gasteiger partial charge in [-0.2, -0.15) is 0 Å². The summed E-state index contributed by atoms with van der Waals surface area (Å²) in [5, 5.41) is 2.25. The van der Waals surface area contributed by atoms with Gasteiger partial charge in [-0.3, -0.25) is 0 Å². The molecule has 0 N–H and O–H groups in total. The first-order valence-corrected chi connectivity index (χ1v) is 16.1. The normalized spacial score (nSPS) is 13.3. The van der Waals surface area contributed by atoms with Crippen molar-refractivity contribution < 1.29 is 17.1 Å². The highest BCUT2D eigenvalue weighted by molar-refractivity contribution is 6.13. The van der Waals surface area contributed by atoms with Crippen LogP contribution in [0.2, 0.25) is 0 Å². The van der Waals surface area contributed by atoms with E-state index in [1.807, 2.05) is 127 Å². The van der Waals surface area contributed by atoms with Gasteiger partial charge in [-0.25, -0.2) is 15.0 Å². The quantitative estimate of drug-likeness (QED) is 0.186. The first kappa shape index (κ1) is 22.7. The molecule has 0 bridgehead atoms. The van der Waals surface area contributed by atoms with Gasteiger partial charge in [-0.15, -0.1) is 0 Å². The van der Waals surface area contributed by atoms with Crippen molar-refractivity contribution >= 4 is 43.9 Å². The molecule has 0 unspecified atom stereocenters. The lowest BCUT2D eigenvalue weighted by molar-refractivity contribution is 0.668. The average molecular weight is 648 g/mol. The van der Waals surface area contributed by atoms with E-state index < -0.39 is 0 Å². The lowest BCUT2D eigenvalue weighted by Gasteiger charge is -2.09. The number of hydrogen-bond acceptors (Lipinski definition) is 5. The van der Waals surface area contributed by atoms with Gasteiger partial charge in [0.2, 0.25) is 0 Å². The maximum Gasteiger partial charge on any atom is 0.164 e. The summed E-state index contributed by atoms with van der Waals surface area (Å²) >= 11 is 0. The summed E-state index contributed by atoms with van der Waals surface area (Å²) in [5.41, 5.74) is 5.23. The highest BCUT2D eigenvalue weighted by atomic mass is 16.3. The van der Waals surface area contributed by atoms with Crippen molar-refractivity contribution in [2.24, 2.45) is 0 Å². The van der Waals surface area contributed by atoms with Crippen LogP contribution in [0.4, 0.5) is 0 Å². The molecule has 3 aromatic heterocycles. The Bertz CT molecular complexity index is 3220. The number of hydrogen-bond donors (Lipinski definition) is 0. The molecule has 0 aliphatic heterocycles. The molecule has 234 valence electrons. The summed E-state index contributed by atoms with van der Waals surface area (Å²) in [7, 11) is 0. The third-order valence-corrected chi connectivity index (χ3v) is 8.86. The van der Waals surface area contributed by atoms with Crippen LogP contribution in [0.5, 0.6) is 0 Å². The van der Waals surface area contributed by atoms with Crippen LogP contribution in [0.1, 0.15) is 8.22 Å². The lowest BCUT2D eigenvalue weighted by Crippen LogP contribution is -2.00. The van der Waals surface area contributed by atoms with Crippen LogP contribution in [0.3, 0.4) is 0 Å². The molecule has 5 nitrogen and oxygen atoms in total. The Kier molecular flexibility index (Phi) is 5.17. The highest BCUT2D eigenvalue weighted by Crippen LogP contribution is 2.39. The Morgan fingerprint density at radius 3 is 1.90 bits per heavy atom. The molecular weight excluding hydrogens is 615 g/mol. The van der Waals surface area contributed by atoms with Crippen molar-refractivity contribution in [2.75, 3.05) is 0 Å².